The first-order valence-corrected chi connectivity index (χ1v) is 46.7. The number of fused-ring (bicyclic) bond motifs is 3. The molecule has 0 radical (unpaired) electrons. The van der Waals surface area contributed by atoms with Crippen LogP contribution in [-0.4, -0.2) is 240 Å². The number of sulfonamides is 2. The average molecular weight is 1750 g/mol. The molecule has 3 N–H and O–H groups in total. The molecule has 0 saturated carbocycles. The van der Waals surface area contributed by atoms with Crippen LogP contribution in [0.15, 0.2) is 142 Å². The van der Waals surface area contributed by atoms with Gasteiger partial charge in [0.2, 0.25) is 15.9 Å². The van der Waals surface area contributed by atoms with E-state index in [0.717, 1.165) is 166 Å². The van der Waals surface area contributed by atoms with Crippen molar-refractivity contribution in [2.45, 2.75) is 134 Å². The summed E-state index contributed by atoms with van der Waals surface area (Å²) in [7, 11) is 4.07. The second kappa shape index (κ2) is 41.7. The topological polar surface area (TPSA) is 275 Å². The van der Waals surface area contributed by atoms with Gasteiger partial charge in [0.15, 0.2) is 39.5 Å². The Morgan fingerprint density at radius 3 is 1.10 bits per heavy atom. The van der Waals surface area contributed by atoms with Gasteiger partial charge in [0.05, 0.1) is 60.8 Å². The molecule has 0 aliphatic carbocycles. The van der Waals surface area contributed by atoms with Crippen molar-refractivity contribution >= 4 is 72.1 Å². The third kappa shape index (κ3) is 21.5. The van der Waals surface area contributed by atoms with E-state index in [1.54, 1.807) is 78.7 Å². The minimum absolute atomic E-state index is 0.00131. The molecule has 664 valence electrons. The van der Waals surface area contributed by atoms with Gasteiger partial charge in [-0.2, -0.15) is 0 Å². The Hall–Kier alpha value is -9.99. The molecular formula is C92H124N14O14S3. The second-order valence-corrected chi connectivity index (χ2v) is 37.4. The molecule has 28 nitrogen and oxygen atoms in total. The highest BCUT2D eigenvalue weighted by Gasteiger charge is 2.41. The van der Waals surface area contributed by atoms with Crippen molar-refractivity contribution in [3.8, 4) is 34.5 Å². The Balaban J connectivity index is 0.000000169. The summed E-state index contributed by atoms with van der Waals surface area (Å²) in [6.45, 7) is 31.5. The zero-order valence-corrected chi connectivity index (χ0v) is 76.3. The Bertz CT molecular complexity index is 5170. The number of aromatic nitrogens is 2. The highest BCUT2D eigenvalue weighted by atomic mass is 32.2. The number of amides is 4. The largest absolute Gasteiger partial charge is 0.493 e. The predicted molar refractivity (Wildman–Crippen MR) is 482 cm³/mol. The van der Waals surface area contributed by atoms with Gasteiger partial charge < -0.3 is 82.4 Å². The third-order valence-electron chi connectivity index (χ3n) is 24.5. The standard InChI is InChI=1S/C31H42N6O5S.C31H44N4O4.C30H38N4O5S2/c1-6-35-15-17-36(18-16-35)27-10-7-9-24-25(27)20-37(31(24)38)26(23-12-13-28(41-4)29(19-23)42-5)11-8-14-32-43(39,40)30-21-34(3)22(2)33-30;1-7-33-16-18-34(19-17-33)26-11-8-10-23-24(26)21-35(29(23)36)25(12-9-15-32-30(37)31(2,3)4)22-13-14-27(38-5)28(20-22)39-6;1-4-32-15-17-33(18-16-32)26-9-5-8-23-24(26)21-34(30(23)35)25(22-12-13-27(38-2)28(20-22)39-3)10-6-14-31-41(36,37)29-11-7-19-40-29/h7,9-10,12-13,19,21,26,32H,6,8,11,14-18,20H2,1-5H3;8,10-11,13-14,20,25H,7,9,12,15-19,21H2,1-6H3,(H,32,37);5,7-9,11-13,19-20,25,31H,4,6,10,14-18,21H2,1-3H3/t26-;2*25-/m111/s1. The molecule has 6 aromatic carbocycles. The van der Waals surface area contributed by atoms with E-state index >= 15 is 0 Å². The van der Waals surface area contributed by atoms with E-state index < -0.39 is 25.5 Å². The molecule has 3 saturated heterocycles. The van der Waals surface area contributed by atoms with Crippen molar-refractivity contribution < 1.29 is 64.4 Å². The first-order chi connectivity index (χ1) is 59.2. The van der Waals surface area contributed by atoms with Gasteiger partial charge in [-0.3, -0.25) is 19.2 Å². The first kappa shape index (κ1) is 92.2. The maximum Gasteiger partial charge on any atom is 0.259 e. The molecule has 6 aliphatic rings. The monoisotopic (exact) mass is 1740 g/mol. The number of ether oxygens (including phenoxy) is 6. The van der Waals surface area contributed by atoms with Crippen LogP contribution in [-0.2, 0) is 51.5 Å². The molecule has 3 fully saturated rings. The number of anilines is 3. The maximum atomic E-state index is 14.0. The zero-order valence-electron chi connectivity index (χ0n) is 73.9. The summed E-state index contributed by atoms with van der Waals surface area (Å²) in [5, 5.41) is 4.80. The number of carbonyl (C=O) groups is 4. The summed E-state index contributed by atoms with van der Waals surface area (Å²) in [6, 6.07) is 38.1. The number of hydrogen-bond acceptors (Lipinski definition) is 22. The van der Waals surface area contributed by atoms with E-state index in [4.69, 9.17) is 28.4 Å². The molecular weight excluding hydrogens is 1620 g/mol. The molecule has 0 spiro atoms. The van der Waals surface area contributed by atoms with E-state index in [1.807, 2.05) is 126 Å². The highest BCUT2D eigenvalue weighted by Crippen LogP contribution is 2.45. The lowest BCUT2D eigenvalue weighted by atomic mass is 9.95. The highest BCUT2D eigenvalue weighted by molar-refractivity contribution is 7.91. The number of thiophene rings is 1. The number of aryl methyl sites for hydroxylation is 2. The number of nitrogens with zero attached hydrogens (tertiary/aromatic N) is 11. The van der Waals surface area contributed by atoms with Crippen LogP contribution < -0.4 is 57.9 Å². The average Bonchev–Trinajstić information content (AvgIpc) is 1.62. The SMILES string of the molecule is CCN1CCN(c2cccc3c2CN([C@H](CCCNC(=O)C(C)(C)C)c2ccc(OC)c(OC)c2)C3=O)CC1.CCN1CCN(c2cccc3c2CN([C@H](CCCNS(=O)(=O)c2cccs2)c2ccc(OC)c(OC)c2)C3=O)CC1.CCN1CCN(c2cccc3c2CN([C@H](CCCNS(=O)(=O)c2cn(C)c(C)n2)c2ccc(OC)c(OC)c2)C3=O)CC1. The molecule has 0 unspecified atom stereocenters. The summed E-state index contributed by atoms with van der Waals surface area (Å²) in [5.41, 5.74) is 11.3. The Kier molecular flexibility index (Phi) is 31.2. The van der Waals surface area contributed by atoms with Gasteiger partial charge in [-0.1, -0.05) is 84.0 Å². The van der Waals surface area contributed by atoms with Crippen molar-refractivity contribution in [3.63, 3.8) is 0 Å². The molecule has 6 aliphatic heterocycles. The number of imidazole rings is 1. The predicted octanol–water partition coefficient (Wildman–Crippen LogP) is 12.2. The van der Waals surface area contributed by atoms with Gasteiger partial charge in [-0.15, -0.1) is 11.3 Å². The molecule has 123 heavy (non-hydrogen) atoms. The van der Waals surface area contributed by atoms with Gasteiger partial charge in [0.1, 0.15) is 10.0 Å². The smallest absolute Gasteiger partial charge is 0.259 e. The minimum atomic E-state index is -3.75. The summed E-state index contributed by atoms with van der Waals surface area (Å²) < 4.78 is 91.5. The molecule has 4 amide bonds. The summed E-state index contributed by atoms with van der Waals surface area (Å²) in [4.78, 5) is 78.7. The molecule has 3 atom stereocenters. The summed E-state index contributed by atoms with van der Waals surface area (Å²) in [5.74, 6) is 4.36. The summed E-state index contributed by atoms with van der Waals surface area (Å²) >= 11 is 1.19. The van der Waals surface area contributed by atoms with Crippen LogP contribution in [0.5, 0.6) is 34.5 Å². The Labute approximate surface area is 730 Å². The number of methoxy groups -OCH3 is 6. The second-order valence-electron chi connectivity index (χ2n) is 32.8. The van der Waals surface area contributed by atoms with Crippen molar-refractivity contribution in [1.29, 1.82) is 0 Å². The van der Waals surface area contributed by atoms with Gasteiger partial charge in [-0.05, 0) is 166 Å². The number of piperazine rings is 3. The lowest BCUT2D eigenvalue weighted by Crippen LogP contribution is -2.46. The van der Waals surface area contributed by atoms with Crippen LogP contribution in [0.3, 0.4) is 0 Å². The number of hydrogen-bond donors (Lipinski definition) is 3. The number of carbonyl (C=O) groups excluding carboxylic acids is 4. The van der Waals surface area contributed by atoms with Crippen LogP contribution in [0.2, 0.25) is 0 Å². The van der Waals surface area contributed by atoms with Gasteiger partial charge >= 0.3 is 0 Å². The van der Waals surface area contributed by atoms with Crippen molar-refractivity contribution in [1.82, 2.24) is 53.7 Å². The van der Waals surface area contributed by atoms with Crippen molar-refractivity contribution in [2.75, 3.05) is 175 Å². The fraction of sp³-hybridized carbons (Fsp3) is 0.489. The Morgan fingerprint density at radius 1 is 0.455 bits per heavy atom. The lowest BCUT2D eigenvalue weighted by molar-refractivity contribution is -0.128. The summed E-state index contributed by atoms with van der Waals surface area (Å²) in [6.07, 6.45) is 5.14. The first-order valence-electron chi connectivity index (χ1n) is 42.9. The molecule has 2 aromatic heterocycles. The maximum absolute atomic E-state index is 14.0. The van der Waals surface area contributed by atoms with E-state index in [9.17, 15) is 36.0 Å². The zero-order chi connectivity index (χ0) is 87.9. The van der Waals surface area contributed by atoms with E-state index in [1.165, 1.54) is 23.2 Å². The van der Waals surface area contributed by atoms with Crippen molar-refractivity contribution in [3.05, 3.63) is 189 Å². The normalized spacial score (nSPS) is 16.6. The number of likely N-dealkylation sites (N-methyl/N-ethyl adjacent to an activating group) is 3. The Morgan fingerprint density at radius 2 is 0.797 bits per heavy atom. The van der Waals surface area contributed by atoms with Crippen LogP contribution in [0.4, 0.5) is 17.1 Å². The number of benzene rings is 6. The molecule has 0 bridgehead atoms. The number of nitrogens with one attached hydrogen (secondary N) is 3. The van der Waals surface area contributed by atoms with Gasteiger partial charge in [0.25, 0.3) is 27.7 Å². The minimum Gasteiger partial charge on any atom is -0.493 e. The van der Waals surface area contributed by atoms with Crippen LogP contribution in [0, 0.1) is 12.3 Å². The third-order valence-corrected chi connectivity index (χ3v) is 28.7. The van der Waals surface area contributed by atoms with E-state index in [0.29, 0.717) is 103 Å². The van der Waals surface area contributed by atoms with Crippen LogP contribution in [0.25, 0.3) is 0 Å². The van der Waals surface area contributed by atoms with Gasteiger partial charge in [-0.25, -0.2) is 31.3 Å². The van der Waals surface area contributed by atoms with E-state index in [2.05, 4.69) is 88.1 Å². The molecule has 8 aromatic rings. The van der Waals surface area contributed by atoms with E-state index in [-0.39, 0.29) is 59.9 Å². The molecule has 31 heteroatoms. The van der Waals surface area contributed by atoms with Gasteiger partial charge in [0, 0.05) is 187 Å². The van der Waals surface area contributed by atoms with Crippen LogP contribution in [0.1, 0.15) is 168 Å². The fourth-order valence-electron chi connectivity index (χ4n) is 17.2. The lowest BCUT2D eigenvalue weighted by Gasteiger charge is -2.36. The molecule has 14 rings (SSSR count). The van der Waals surface area contributed by atoms with Crippen LogP contribution >= 0.6 is 11.3 Å². The molecule has 8 heterocycles. The fourth-order valence-corrected chi connectivity index (χ4v) is 20.5. The quantitative estimate of drug-likeness (QED) is 0.0316. The van der Waals surface area contributed by atoms with Crippen molar-refractivity contribution in [2.24, 2.45) is 12.5 Å². The number of rotatable bonds is 34.